The van der Waals surface area contributed by atoms with Crippen molar-refractivity contribution in [1.82, 2.24) is 0 Å². The zero-order chi connectivity index (χ0) is 14.0. The molecule has 0 saturated heterocycles. The Bertz CT molecular complexity index is 470. The summed E-state index contributed by atoms with van der Waals surface area (Å²) < 4.78 is 30.2. The lowest BCUT2D eigenvalue weighted by molar-refractivity contribution is 0.314. The second kappa shape index (κ2) is 5.25. The number of hydrogen-bond acceptors (Lipinski definition) is 4. The van der Waals surface area contributed by atoms with Crippen LogP contribution in [0.3, 0.4) is 0 Å². The molecule has 0 spiro atoms. The molecule has 0 radical (unpaired) electrons. The average molecular weight is 269 g/mol. The predicted octanol–water partition coefficient (Wildman–Crippen LogP) is 2.58. The van der Waals surface area contributed by atoms with Crippen molar-refractivity contribution >= 4 is 0 Å². The molecule has 1 aromatic rings. The van der Waals surface area contributed by atoms with Crippen LogP contribution in [-0.4, -0.2) is 21.3 Å². The average Bonchev–Trinajstić information content (AvgIpc) is 2.85. The van der Waals surface area contributed by atoms with Gasteiger partial charge in [-0.15, -0.1) is 0 Å². The van der Waals surface area contributed by atoms with Gasteiger partial charge in [-0.25, -0.2) is 4.39 Å². The summed E-state index contributed by atoms with van der Waals surface area (Å²) in [6, 6.07) is 1.48. The summed E-state index contributed by atoms with van der Waals surface area (Å²) in [5, 5.41) is 0. The number of halogens is 1. The van der Waals surface area contributed by atoms with Gasteiger partial charge in [-0.1, -0.05) is 12.8 Å². The molecule has 1 aliphatic carbocycles. The first-order valence-electron chi connectivity index (χ1n) is 6.35. The van der Waals surface area contributed by atoms with Crippen LogP contribution < -0.4 is 19.9 Å². The lowest BCUT2D eigenvalue weighted by Crippen LogP contribution is -2.35. The third-order valence-electron chi connectivity index (χ3n) is 3.79. The van der Waals surface area contributed by atoms with Gasteiger partial charge in [0.15, 0.2) is 23.1 Å². The molecular formula is C14H20FNO3. The fourth-order valence-electron chi connectivity index (χ4n) is 2.80. The minimum absolute atomic E-state index is 0.129. The van der Waals surface area contributed by atoms with Gasteiger partial charge in [-0.05, 0) is 12.8 Å². The third-order valence-corrected chi connectivity index (χ3v) is 3.79. The fraction of sp³-hybridized carbons (Fsp3) is 0.571. The Balaban J connectivity index is 2.68. The normalized spacial score (nSPS) is 17.3. The highest BCUT2D eigenvalue weighted by atomic mass is 19.1. The molecule has 0 heterocycles. The van der Waals surface area contributed by atoms with Crippen molar-refractivity contribution in [2.75, 3.05) is 21.3 Å². The van der Waals surface area contributed by atoms with Gasteiger partial charge >= 0.3 is 0 Å². The van der Waals surface area contributed by atoms with Crippen molar-refractivity contribution in [3.8, 4) is 17.2 Å². The fourth-order valence-corrected chi connectivity index (χ4v) is 2.80. The lowest BCUT2D eigenvalue weighted by Gasteiger charge is -2.28. The molecule has 1 saturated carbocycles. The zero-order valence-corrected chi connectivity index (χ0v) is 11.6. The first-order valence-corrected chi connectivity index (χ1v) is 6.35. The molecule has 0 bridgehead atoms. The molecule has 4 nitrogen and oxygen atoms in total. The van der Waals surface area contributed by atoms with E-state index in [4.69, 9.17) is 19.9 Å². The van der Waals surface area contributed by atoms with E-state index >= 15 is 0 Å². The molecule has 106 valence electrons. The van der Waals surface area contributed by atoms with Crippen LogP contribution >= 0.6 is 0 Å². The van der Waals surface area contributed by atoms with E-state index < -0.39 is 11.4 Å². The Morgan fingerprint density at radius 3 is 2.11 bits per heavy atom. The van der Waals surface area contributed by atoms with E-state index in [0.29, 0.717) is 17.1 Å². The zero-order valence-electron chi connectivity index (χ0n) is 11.6. The summed E-state index contributed by atoms with van der Waals surface area (Å²) in [6.07, 6.45) is 3.43. The SMILES string of the molecule is COc1cc(OC)c(OC)c(C2(N)CCCC2)c1F. The molecule has 5 heteroatoms. The van der Waals surface area contributed by atoms with Crippen molar-refractivity contribution in [2.24, 2.45) is 5.73 Å². The molecule has 0 aliphatic heterocycles. The molecule has 2 rings (SSSR count). The van der Waals surface area contributed by atoms with Crippen molar-refractivity contribution in [2.45, 2.75) is 31.2 Å². The largest absolute Gasteiger partial charge is 0.494 e. The van der Waals surface area contributed by atoms with Crippen LogP contribution in [0.15, 0.2) is 6.07 Å². The number of rotatable bonds is 4. The maximum absolute atomic E-state index is 14.6. The second-order valence-corrected chi connectivity index (χ2v) is 4.87. The van der Waals surface area contributed by atoms with E-state index in [2.05, 4.69) is 0 Å². The van der Waals surface area contributed by atoms with Crippen LogP contribution in [0.5, 0.6) is 17.2 Å². The van der Waals surface area contributed by atoms with E-state index in [1.807, 2.05) is 0 Å². The first-order chi connectivity index (χ1) is 9.07. The number of benzene rings is 1. The van der Waals surface area contributed by atoms with Crippen molar-refractivity contribution in [1.29, 1.82) is 0 Å². The van der Waals surface area contributed by atoms with Crippen LogP contribution in [0.4, 0.5) is 4.39 Å². The summed E-state index contributed by atoms with van der Waals surface area (Å²) in [5.41, 5.74) is 6.03. The van der Waals surface area contributed by atoms with Gasteiger partial charge in [-0.3, -0.25) is 0 Å². The Morgan fingerprint density at radius 2 is 1.63 bits per heavy atom. The van der Waals surface area contributed by atoms with Crippen LogP contribution in [0.25, 0.3) is 0 Å². The Labute approximate surface area is 112 Å². The molecule has 2 N–H and O–H groups in total. The molecule has 1 aliphatic rings. The standard InChI is InChI=1S/C14H20FNO3/c1-17-9-8-10(18-2)13(19-3)11(12(9)15)14(16)6-4-5-7-14/h8H,4-7,16H2,1-3H3. The molecule has 0 unspecified atom stereocenters. The summed E-state index contributed by atoms with van der Waals surface area (Å²) in [7, 11) is 4.42. The molecule has 0 aromatic heterocycles. The van der Waals surface area contributed by atoms with Gasteiger partial charge in [-0.2, -0.15) is 0 Å². The van der Waals surface area contributed by atoms with Gasteiger partial charge < -0.3 is 19.9 Å². The highest BCUT2D eigenvalue weighted by Gasteiger charge is 2.39. The van der Waals surface area contributed by atoms with E-state index in [1.165, 1.54) is 27.4 Å². The maximum Gasteiger partial charge on any atom is 0.174 e. The highest BCUT2D eigenvalue weighted by Crippen LogP contribution is 2.48. The van der Waals surface area contributed by atoms with Gasteiger partial charge in [0, 0.05) is 11.6 Å². The minimum atomic E-state index is -0.711. The number of methoxy groups -OCH3 is 3. The van der Waals surface area contributed by atoms with Crippen molar-refractivity contribution < 1.29 is 18.6 Å². The van der Waals surface area contributed by atoms with E-state index in [0.717, 1.165) is 25.7 Å². The summed E-state index contributed by atoms with van der Waals surface area (Å²) in [4.78, 5) is 0. The van der Waals surface area contributed by atoms with E-state index in [1.54, 1.807) is 0 Å². The lowest BCUT2D eigenvalue weighted by atomic mass is 9.87. The van der Waals surface area contributed by atoms with Crippen LogP contribution in [0, 0.1) is 5.82 Å². The van der Waals surface area contributed by atoms with Gasteiger partial charge in [0.1, 0.15) is 0 Å². The number of hydrogen-bond donors (Lipinski definition) is 1. The van der Waals surface area contributed by atoms with Gasteiger partial charge in [0.2, 0.25) is 0 Å². The first kappa shape index (κ1) is 13.9. The summed E-state index contributed by atoms with van der Waals surface area (Å²) >= 11 is 0. The monoisotopic (exact) mass is 269 g/mol. The molecule has 0 amide bonds. The number of ether oxygens (including phenoxy) is 3. The van der Waals surface area contributed by atoms with Crippen molar-refractivity contribution in [3.63, 3.8) is 0 Å². The van der Waals surface area contributed by atoms with Gasteiger partial charge in [0.25, 0.3) is 0 Å². The smallest absolute Gasteiger partial charge is 0.174 e. The second-order valence-electron chi connectivity index (χ2n) is 4.87. The highest BCUT2D eigenvalue weighted by molar-refractivity contribution is 5.55. The quantitative estimate of drug-likeness (QED) is 0.912. The van der Waals surface area contributed by atoms with Crippen LogP contribution in [0.1, 0.15) is 31.2 Å². The summed E-state index contributed by atoms with van der Waals surface area (Å²) in [5.74, 6) is 0.478. The topological polar surface area (TPSA) is 53.7 Å². The van der Waals surface area contributed by atoms with Gasteiger partial charge in [0.05, 0.1) is 26.9 Å². The third kappa shape index (κ3) is 2.23. The van der Waals surface area contributed by atoms with E-state index in [-0.39, 0.29) is 5.75 Å². The molecule has 19 heavy (non-hydrogen) atoms. The van der Waals surface area contributed by atoms with Crippen molar-refractivity contribution in [3.05, 3.63) is 17.4 Å². The Hall–Kier alpha value is -1.49. The maximum atomic E-state index is 14.6. The number of nitrogens with two attached hydrogens (primary N) is 1. The molecular weight excluding hydrogens is 249 g/mol. The molecule has 0 atom stereocenters. The van der Waals surface area contributed by atoms with E-state index in [9.17, 15) is 4.39 Å². The van der Waals surface area contributed by atoms with Crippen LogP contribution in [-0.2, 0) is 5.54 Å². The molecule has 1 aromatic carbocycles. The Kier molecular flexibility index (Phi) is 3.85. The minimum Gasteiger partial charge on any atom is -0.494 e. The summed E-state index contributed by atoms with van der Waals surface area (Å²) in [6.45, 7) is 0. The molecule has 1 fully saturated rings. The Morgan fingerprint density at radius 1 is 1.05 bits per heavy atom. The van der Waals surface area contributed by atoms with Crippen LogP contribution in [0.2, 0.25) is 0 Å². The predicted molar refractivity (Wildman–Crippen MR) is 70.4 cm³/mol.